The maximum Gasteiger partial charge on any atom is 0.266 e. The van der Waals surface area contributed by atoms with E-state index in [1.165, 1.54) is 11.8 Å². The number of rotatable bonds is 7. The molecule has 1 heterocycles. The molecule has 1 atom stereocenters. The molecule has 0 radical (unpaired) electrons. The third-order valence-electron chi connectivity index (χ3n) is 5.50. The van der Waals surface area contributed by atoms with Gasteiger partial charge in [0.1, 0.15) is 5.75 Å². The van der Waals surface area contributed by atoms with Crippen LogP contribution < -0.4 is 15.6 Å². The zero-order valence-corrected chi connectivity index (χ0v) is 20.6. The van der Waals surface area contributed by atoms with Crippen molar-refractivity contribution in [2.45, 2.75) is 30.8 Å². The Morgan fingerprint density at radius 1 is 1.12 bits per heavy atom. The largest absolute Gasteiger partial charge is 0.497 e. The number of nitrogens with one attached hydrogen (secondary N) is 1. The first-order valence-corrected chi connectivity index (χ1v) is 12.0. The van der Waals surface area contributed by atoms with Crippen LogP contribution in [0.5, 0.6) is 5.75 Å². The first-order chi connectivity index (χ1) is 16.4. The van der Waals surface area contributed by atoms with Crippen molar-refractivity contribution in [3.63, 3.8) is 0 Å². The highest BCUT2D eigenvalue weighted by Crippen LogP contribution is 2.28. The van der Waals surface area contributed by atoms with E-state index in [0.717, 1.165) is 16.9 Å². The molecule has 3 aromatic carbocycles. The quantitative estimate of drug-likeness (QED) is 0.284. The molecule has 1 amide bonds. The number of ether oxygens (including phenoxy) is 1. The van der Waals surface area contributed by atoms with Crippen molar-refractivity contribution in [1.29, 1.82) is 0 Å². The molecule has 0 saturated heterocycles. The predicted octanol–water partition coefficient (Wildman–Crippen LogP) is 5.15. The number of methoxy groups -OCH3 is 1. The lowest BCUT2D eigenvalue weighted by Gasteiger charge is -2.18. The highest BCUT2D eigenvalue weighted by molar-refractivity contribution is 8.00. The number of carbonyl (C=O) groups is 1. The van der Waals surface area contributed by atoms with Gasteiger partial charge in [0, 0.05) is 11.6 Å². The summed E-state index contributed by atoms with van der Waals surface area (Å²) in [6, 6.07) is 20.1. The van der Waals surface area contributed by atoms with E-state index in [1.54, 1.807) is 42.9 Å². The van der Waals surface area contributed by atoms with Gasteiger partial charge in [-0.2, -0.15) is 0 Å². The van der Waals surface area contributed by atoms with E-state index in [0.29, 0.717) is 33.3 Å². The first-order valence-electron chi connectivity index (χ1n) is 10.7. The number of hydrogen-bond donors (Lipinski definition) is 1. The second kappa shape index (κ2) is 10.3. The van der Waals surface area contributed by atoms with Gasteiger partial charge in [-0.1, -0.05) is 53.7 Å². The molecule has 0 spiro atoms. The fourth-order valence-electron chi connectivity index (χ4n) is 3.53. The number of carbonyl (C=O) groups excluding carboxylic acids is 1. The summed E-state index contributed by atoms with van der Waals surface area (Å²) in [5, 5.41) is 3.95. The van der Waals surface area contributed by atoms with Crippen LogP contribution in [-0.4, -0.2) is 27.8 Å². The standard InChI is InChI=1S/C26H24ClN3O3S/c1-16-21(27)8-6-10-23(16)30-25(32)20-7-4-5-9-22(20)29-26(30)34-17(2)24(31)28-15-18-11-13-19(33-3)14-12-18/h4-14,17H,15H2,1-3H3,(H,28,31). The first kappa shape index (κ1) is 23.9. The highest BCUT2D eigenvalue weighted by atomic mass is 35.5. The van der Waals surface area contributed by atoms with E-state index in [4.69, 9.17) is 21.3 Å². The van der Waals surface area contributed by atoms with E-state index in [9.17, 15) is 9.59 Å². The number of nitrogens with zero attached hydrogens (tertiary/aromatic N) is 2. The molecule has 4 aromatic rings. The second-order valence-corrected chi connectivity index (χ2v) is 9.48. The molecule has 1 N–H and O–H groups in total. The van der Waals surface area contributed by atoms with E-state index in [1.807, 2.05) is 49.4 Å². The fraction of sp³-hybridized carbons (Fsp3) is 0.192. The van der Waals surface area contributed by atoms with Gasteiger partial charge in [-0.25, -0.2) is 4.98 Å². The summed E-state index contributed by atoms with van der Waals surface area (Å²) < 4.78 is 6.71. The van der Waals surface area contributed by atoms with Gasteiger partial charge in [0.2, 0.25) is 5.91 Å². The SMILES string of the molecule is COc1ccc(CNC(=O)C(C)Sc2nc3ccccc3c(=O)n2-c2cccc(Cl)c2C)cc1. The van der Waals surface area contributed by atoms with Gasteiger partial charge in [-0.15, -0.1) is 0 Å². The van der Waals surface area contributed by atoms with Crippen LogP contribution in [0.2, 0.25) is 5.02 Å². The van der Waals surface area contributed by atoms with Crippen molar-refractivity contribution < 1.29 is 9.53 Å². The summed E-state index contributed by atoms with van der Waals surface area (Å²) in [5.41, 5.74) is 2.74. The highest BCUT2D eigenvalue weighted by Gasteiger charge is 2.21. The van der Waals surface area contributed by atoms with Gasteiger partial charge < -0.3 is 10.1 Å². The molecule has 0 aliphatic carbocycles. The Bertz CT molecular complexity index is 1400. The molecule has 8 heteroatoms. The minimum Gasteiger partial charge on any atom is -0.497 e. The molecule has 1 unspecified atom stereocenters. The molecule has 6 nitrogen and oxygen atoms in total. The monoisotopic (exact) mass is 493 g/mol. The molecule has 34 heavy (non-hydrogen) atoms. The Morgan fingerprint density at radius 2 is 1.85 bits per heavy atom. The lowest BCUT2D eigenvalue weighted by atomic mass is 10.2. The number of para-hydroxylation sites is 1. The Hall–Kier alpha value is -3.29. The van der Waals surface area contributed by atoms with Gasteiger partial charge in [0.25, 0.3) is 5.56 Å². The molecule has 0 fully saturated rings. The molecule has 174 valence electrons. The summed E-state index contributed by atoms with van der Waals surface area (Å²) >= 11 is 7.58. The number of fused-ring (bicyclic) bond motifs is 1. The van der Waals surface area contributed by atoms with E-state index in [-0.39, 0.29) is 11.5 Å². The fourth-order valence-corrected chi connectivity index (χ4v) is 4.64. The molecule has 0 saturated carbocycles. The van der Waals surface area contributed by atoms with Crippen molar-refractivity contribution in [2.24, 2.45) is 0 Å². The summed E-state index contributed by atoms with van der Waals surface area (Å²) in [5.74, 6) is 0.605. The van der Waals surface area contributed by atoms with Crippen LogP contribution in [-0.2, 0) is 11.3 Å². The molecule has 0 aliphatic rings. The van der Waals surface area contributed by atoms with Crippen LogP contribution in [0, 0.1) is 6.92 Å². The van der Waals surface area contributed by atoms with Crippen molar-refractivity contribution in [2.75, 3.05) is 7.11 Å². The molecule has 4 rings (SSSR count). The summed E-state index contributed by atoms with van der Waals surface area (Å²) in [6.07, 6.45) is 0. The Kier molecular flexibility index (Phi) is 7.24. The number of aromatic nitrogens is 2. The van der Waals surface area contributed by atoms with Crippen LogP contribution in [0.25, 0.3) is 16.6 Å². The van der Waals surface area contributed by atoms with Crippen molar-refractivity contribution in [3.8, 4) is 11.4 Å². The van der Waals surface area contributed by atoms with Crippen LogP contribution >= 0.6 is 23.4 Å². The normalized spacial score (nSPS) is 11.9. The van der Waals surface area contributed by atoms with Crippen molar-refractivity contribution in [1.82, 2.24) is 14.9 Å². The maximum absolute atomic E-state index is 13.5. The number of thioether (sulfide) groups is 1. The zero-order valence-electron chi connectivity index (χ0n) is 19.0. The summed E-state index contributed by atoms with van der Waals surface area (Å²) in [6.45, 7) is 4.04. The smallest absolute Gasteiger partial charge is 0.266 e. The van der Waals surface area contributed by atoms with Gasteiger partial charge >= 0.3 is 0 Å². The average molecular weight is 494 g/mol. The van der Waals surface area contributed by atoms with Gasteiger partial charge in [-0.05, 0) is 61.4 Å². The van der Waals surface area contributed by atoms with Gasteiger partial charge in [0.15, 0.2) is 5.16 Å². The predicted molar refractivity (Wildman–Crippen MR) is 137 cm³/mol. The van der Waals surface area contributed by atoms with Crippen LogP contribution in [0.1, 0.15) is 18.1 Å². The topological polar surface area (TPSA) is 73.2 Å². The average Bonchev–Trinajstić information content (AvgIpc) is 2.85. The van der Waals surface area contributed by atoms with Gasteiger partial charge in [0.05, 0.1) is 29.0 Å². The second-order valence-electron chi connectivity index (χ2n) is 7.76. The minimum atomic E-state index is -0.489. The van der Waals surface area contributed by atoms with E-state index < -0.39 is 5.25 Å². The maximum atomic E-state index is 13.5. The third kappa shape index (κ3) is 4.95. The molecule has 0 bridgehead atoms. The van der Waals surface area contributed by atoms with E-state index in [2.05, 4.69) is 5.32 Å². The van der Waals surface area contributed by atoms with Crippen molar-refractivity contribution in [3.05, 3.63) is 93.2 Å². The lowest BCUT2D eigenvalue weighted by molar-refractivity contribution is -0.120. The van der Waals surface area contributed by atoms with E-state index >= 15 is 0 Å². The van der Waals surface area contributed by atoms with Crippen LogP contribution in [0.3, 0.4) is 0 Å². The number of amides is 1. The molecular weight excluding hydrogens is 470 g/mol. The number of benzene rings is 3. The van der Waals surface area contributed by atoms with Gasteiger partial charge in [-0.3, -0.25) is 14.2 Å². The molecule has 0 aliphatic heterocycles. The summed E-state index contributed by atoms with van der Waals surface area (Å²) in [4.78, 5) is 31.1. The lowest BCUT2D eigenvalue weighted by Crippen LogP contribution is -2.31. The number of hydrogen-bond acceptors (Lipinski definition) is 5. The molecule has 1 aromatic heterocycles. The zero-order chi connectivity index (χ0) is 24.2. The number of halogens is 1. The van der Waals surface area contributed by atoms with Crippen LogP contribution in [0.15, 0.2) is 76.7 Å². The molecular formula is C26H24ClN3O3S. The third-order valence-corrected chi connectivity index (χ3v) is 6.96. The van der Waals surface area contributed by atoms with Crippen LogP contribution in [0.4, 0.5) is 0 Å². The minimum absolute atomic E-state index is 0.155. The van der Waals surface area contributed by atoms with Crippen molar-refractivity contribution >= 4 is 40.2 Å². The Labute approximate surface area is 206 Å². The summed E-state index contributed by atoms with van der Waals surface area (Å²) in [7, 11) is 1.61. The Balaban J connectivity index is 1.64. The Morgan fingerprint density at radius 3 is 2.59 bits per heavy atom.